The maximum atomic E-state index is 13.2. The zero-order chi connectivity index (χ0) is 18.1. The van der Waals surface area contributed by atoms with E-state index in [4.69, 9.17) is 9.15 Å². The van der Waals surface area contributed by atoms with Crippen molar-refractivity contribution in [2.45, 2.75) is 45.1 Å². The Morgan fingerprint density at radius 1 is 1.23 bits per heavy atom. The highest BCUT2D eigenvalue weighted by atomic mass is 16.5. The molecule has 3 fully saturated rings. The van der Waals surface area contributed by atoms with Crippen LogP contribution in [0.15, 0.2) is 21.5 Å². The molecule has 1 spiro atoms. The fraction of sp³-hybridized carbons (Fsp3) is 0.700. The van der Waals surface area contributed by atoms with Gasteiger partial charge in [-0.15, -0.1) is 0 Å². The second-order valence-electron chi connectivity index (χ2n) is 8.17. The molecule has 1 saturated carbocycles. The molecule has 1 atom stereocenters. The van der Waals surface area contributed by atoms with Crippen LogP contribution in [0.2, 0.25) is 0 Å². The first-order valence-electron chi connectivity index (χ1n) is 9.77. The average Bonchev–Trinajstić information content (AvgIpc) is 2.98. The van der Waals surface area contributed by atoms with E-state index >= 15 is 0 Å². The summed E-state index contributed by atoms with van der Waals surface area (Å²) in [6.07, 6.45) is 8.24. The number of ether oxygens (including phenoxy) is 1. The molecule has 0 aromatic carbocycles. The van der Waals surface area contributed by atoms with Crippen LogP contribution in [0.25, 0.3) is 0 Å². The highest BCUT2D eigenvalue weighted by Gasteiger charge is 2.48. The molecule has 142 valence electrons. The van der Waals surface area contributed by atoms with E-state index in [2.05, 4.69) is 9.80 Å². The molecule has 1 aliphatic carbocycles. The second kappa shape index (κ2) is 7.06. The summed E-state index contributed by atoms with van der Waals surface area (Å²) in [4.78, 5) is 29.5. The van der Waals surface area contributed by atoms with Crippen LogP contribution >= 0.6 is 0 Å². The van der Waals surface area contributed by atoms with Gasteiger partial charge in [0.2, 0.25) is 17.1 Å². The molecule has 0 radical (unpaired) electrons. The van der Waals surface area contributed by atoms with Gasteiger partial charge in [0.25, 0.3) is 0 Å². The molecule has 6 nitrogen and oxygen atoms in total. The van der Waals surface area contributed by atoms with Crippen molar-refractivity contribution in [1.29, 1.82) is 0 Å². The van der Waals surface area contributed by atoms with Crippen LogP contribution in [0.5, 0.6) is 5.75 Å². The number of carbonyl (C=O) groups excluding carboxylic acids is 1. The molecule has 2 aliphatic heterocycles. The summed E-state index contributed by atoms with van der Waals surface area (Å²) in [6, 6.07) is 1.50. The molecule has 0 bridgehead atoms. The van der Waals surface area contributed by atoms with Crippen molar-refractivity contribution in [3.63, 3.8) is 0 Å². The Morgan fingerprint density at radius 2 is 2.08 bits per heavy atom. The highest BCUT2D eigenvalue weighted by Crippen LogP contribution is 2.41. The summed E-state index contributed by atoms with van der Waals surface area (Å²) in [5.41, 5.74) is -0.391. The van der Waals surface area contributed by atoms with Crippen molar-refractivity contribution in [3.8, 4) is 5.75 Å². The van der Waals surface area contributed by atoms with Crippen molar-refractivity contribution in [2.75, 3.05) is 33.3 Å². The van der Waals surface area contributed by atoms with E-state index in [1.54, 1.807) is 0 Å². The van der Waals surface area contributed by atoms with Crippen molar-refractivity contribution in [1.82, 2.24) is 9.80 Å². The Balaban J connectivity index is 1.41. The van der Waals surface area contributed by atoms with Gasteiger partial charge in [0.15, 0.2) is 0 Å². The van der Waals surface area contributed by atoms with Gasteiger partial charge in [-0.3, -0.25) is 14.5 Å². The first kappa shape index (κ1) is 17.6. The SMILES string of the molecule is COc1coc(CN2CC[C@]3(CCCN(CC4CCC4)C3=O)C2)cc1=O. The van der Waals surface area contributed by atoms with E-state index < -0.39 is 0 Å². The number of amides is 1. The quantitative estimate of drug-likeness (QED) is 0.806. The van der Waals surface area contributed by atoms with Gasteiger partial charge in [0.1, 0.15) is 12.0 Å². The Hall–Kier alpha value is -1.82. The lowest BCUT2D eigenvalue weighted by Crippen LogP contribution is -2.51. The molecular weight excluding hydrogens is 332 g/mol. The third-order valence-electron chi connectivity index (χ3n) is 6.41. The van der Waals surface area contributed by atoms with Crippen LogP contribution in [0.1, 0.15) is 44.3 Å². The minimum atomic E-state index is -0.227. The van der Waals surface area contributed by atoms with Crippen molar-refractivity contribution < 1.29 is 13.9 Å². The normalized spacial score (nSPS) is 27.1. The van der Waals surface area contributed by atoms with Gasteiger partial charge in [-0.05, 0) is 44.6 Å². The van der Waals surface area contributed by atoms with Gasteiger partial charge in [-0.1, -0.05) is 6.42 Å². The van der Waals surface area contributed by atoms with E-state index in [-0.39, 0.29) is 16.6 Å². The van der Waals surface area contributed by atoms with E-state index in [1.165, 1.54) is 38.7 Å². The molecule has 1 aromatic rings. The molecular formula is C20H28N2O4. The summed E-state index contributed by atoms with van der Waals surface area (Å²) < 4.78 is 10.5. The van der Waals surface area contributed by atoms with Gasteiger partial charge < -0.3 is 14.1 Å². The van der Waals surface area contributed by atoms with Gasteiger partial charge in [-0.2, -0.15) is 0 Å². The summed E-state index contributed by atoms with van der Waals surface area (Å²) in [7, 11) is 1.46. The molecule has 3 heterocycles. The molecule has 1 aromatic heterocycles. The Morgan fingerprint density at radius 3 is 2.77 bits per heavy atom. The van der Waals surface area contributed by atoms with Gasteiger partial charge >= 0.3 is 0 Å². The lowest BCUT2D eigenvalue weighted by Gasteiger charge is -2.42. The third kappa shape index (κ3) is 3.27. The Kier molecular flexibility index (Phi) is 4.78. The monoisotopic (exact) mass is 360 g/mol. The molecule has 3 aliphatic rings. The van der Waals surface area contributed by atoms with E-state index in [0.717, 1.165) is 51.4 Å². The molecule has 1 amide bonds. The number of carbonyl (C=O) groups is 1. The standard InChI is InChI=1S/C20H28N2O4/c1-25-18-13-26-16(10-17(18)23)12-21-9-7-20(14-21)6-3-8-22(19(20)24)11-15-4-2-5-15/h10,13,15H,2-9,11-12,14H2,1H3/t20-/m1/s1. The summed E-state index contributed by atoms with van der Waals surface area (Å²) in [5, 5.41) is 0. The van der Waals surface area contributed by atoms with Crippen LogP contribution in [-0.2, 0) is 11.3 Å². The minimum Gasteiger partial charge on any atom is -0.490 e. The fourth-order valence-corrected chi connectivity index (χ4v) is 4.68. The van der Waals surface area contributed by atoms with E-state index in [1.807, 2.05) is 0 Å². The zero-order valence-electron chi connectivity index (χ0n) is 15.5. The zero-order valence-corrected chi connectivity index (χ0v) is 15.5. The fourth-order valence-electron chi connectivity index (χ4n) is 4.68. The first-order valence-corrected chi connectivity index (χ1v) is 9.77. The average molecular weight is 360 g/mol. The third-order valence-corrected chi connectivity index (χ3v) is 6.41. The van der Waals surface area contributed by atoms with Crippen LogP contribution in [-0.4, -0.2) is 49.0 Å². The summed E-state index contributed by atoms with van der Waals surface area (Å²) in [6.45, 7) is 4.08. The van der Waals surface area contributed by atoms with Crippen molar-refractivity contribution in [3.05, 3.63) is 28.3 Å². The number of likely N-dealkylation sites (tertiary alicyclic amines) is 2. The number of piperidine rings is 1. The second-order valence-corrected chi connectivity index (χ2v) is 8.17. The summed E-state index contributed by atoms with van der Waals surface area (Å²) in [5.74, 6) is 1.93. The predicted molar refractivity (Wildman–Crippen MR) is 97.0 cm³/mol. The number of hydrogen-bond acceptors (Lipinski definition) is 5. The molecule has 2 saturated heterocycles. The molecule has 26 heavy (non-hydrogen) atoms. The van der Waals surface area contributed by atoms with Crippen LogP contribution in [0, 0.1) is 11.3 Å². The van der Waals surface area contributed by atoms with E-state index in [9.17, 15) is 9.59 Å². The summed E-state index contributed by atoms with van der Waals surface area (Å²) >= 11 is 0. The maximum Gasteiger partial charge on any atom is 0.230 e. The topological polar surface area (TPSA) is 63.0 Å². The molecule has 4 rings (SSSR count). The van der Waals surface area contributed by atoms with Crippen LogP contribution < -0.4 is 10.2 Å². The molecule has 0 N–H and O–H groups in total. The lowest BCUT2D eigenvalue weighted by atomic mass is 9.77. The number of rotatable bonds is 5. The maximum absolute atomic E-state index is 13.2. The van der Waals surface area contributed by atoms with Gasteiger partial charge in [0.05, 0.1) is 19.1 Å². The lowest BCUT2D eigenvalue weighted by molar-refractivity contribution is -0.146. The largest absolute Gasteiger partial charge is 0.490 e. The van der Waals surface area contributed by atoms with Crippen molar-refractivity contribution in [2.24, 2.45) is 11.3 Å². The van der Waals surface area contributed by atoms with Crippen LogP contribution in [0.3, 0.4) is 0 Å². The molecule has 0 unspecified atom stereocenters. The van der Waals surface area contributed by atoms with E-state index in [0.29, 0.717) is 18.2 Å². The van der Waals surface area contributed by atoms with Crippen molar-refractivity contribution >= 4 is 5.91 Å². The van der Waals surface area contributed by atoms with Gasteiger partial charge in [0, 0.05) is 25.7 Å². The first-order chi connectivity index (χ1) is 12.6. The number of methoxy groups -OCH3 is 1. The number of nitrogens with zero attached hydrogens (tertiary/aromatic N) is 2. The minimum absolute atomic E-state index is 0.164. The predicted octanol–water partition coefficient (Wildman–Crippen LogP) is 2.26. The Labute approximate surface area is 154 Å². The van der Waals surface area contributed by atoms with Gasteiger partial charge in [-0.25, -0.2) is 0 Å². The molecule has 6 heteroatoms. The smallest absolute Gasteiger partial charge is 0.230 e. The number of hydrogen-bond donors (Lipinski definition) is 0. The Bertz CT molecular complexity index is 727. The highest BCUT2D eigenvalue weighted by molar-refractivity contribution is 5.84. The van der Waals surface area contributed by atoms with Crippen LogP contribution in [0.4, 0.5) is 0 Å².